The maximum absolute atomic E-state index is 13.0. The third-order valence-corrected chi connectivity index (χ3v) is 6.55. The first-order valence-electron chi connectivity index (χ1n) is 10.6. The van der Waals surface area contributed by atoms with Gasteiger partial charge in [0.15, 0.2) is 0 Å². The molecule has 2 aromatic carbocycles. The summed E-state index contributed by atoms with van der Waals surface area (Å²) in [5.41, 5.74) is 10.5. The molecule has 30 heavy (non-hydrogen) atoms. The van der Waals surface area contributed by atoms with E-state index < -0.39 is 11.3 Å². The number of halogens is 1. The van der Waals surface area contributed by atoms with Crippen LogP contribution in [0, 0.1) is 0 Å². The molecule has 1 aliphatic heterocycles. The van der Waals surface area contributed by atoms with Crippen molar-refractivity contribution < 1.29 is 9.59 Å². The minimum atomic E-state index is -1.05. The topological polar surface area (TPSA) is 84.2 Å². The second-order valence-electron chi connectivity index (χ2n) is 7.69. The van der Waals surface area contributed by atoms with Crippen molar-refractivity contribution in [1.29, 1.82) is 0 Å². The number of rotatable bonds is 6. The van der Waals surface area contributed by atoms with Crippen molar-refractivity contribution in [3.8, 4) is 0 Å². The molecule has 1 atom stereocenters. The third kappa shape index (κ3) is 3.72. The molecule has 0 aromatic heterocycles. The third-order valence-electron chi connectivity index (χ3n) is 6.10. The Balaban J connectivity index is 2.24. The lowest BCUT2D eigenvalue weighted by Gasteiger charge is -2.33. The Morgan fingerprint density at radius 3 is 2.43 bits per heavy atom. The highest BCUT2D eigenvalue weighted by atomic mass is 35.5. The van der Waals surface area contributed by atoms with E-state index in [1.54, 1.807) is 12.1 Å². The number of benzene rings is 2. The van der Waals surface area contributed by atoms with Gasteiger partial charge >= 0.3 is 0 Å². The molecule has 3 rings (SSSR count). The minimum absolute atomic E-state index is 0.138. The first kappa shape index (κ1) is 22.3. The molecular weight excluding hydrogens is 398 g/mol. The zero-order valence-electron chi connectivity index (χ0n) is 17.9. The van der Waals surface area contributed by atoms with Gasteiger partial charge in [0.05, 0.1) is 0 Å². The van der Waals surface area contributed by atoms with Crippen molar-refractivity contribution in [2.75, 3.05) is 19.6 Å². The Hall–Kier alpha value is -2.37. The van der Waals surface area contributed by atoms with Gasteiger partial charge in [-0.25, -0.2) is 0 Å². The van der Waals surface area contributed by atoms with Crippen molar-refractivity contribution in [2.45, 2.75) is 45.4 Å². The molecule has 0 unspecified atom stereocenters. The second-order valence-corrected chi connectivity index (χ2v) is 8.07. The fourth-order valence-corrected chi connectivity index (χ4v) is 4.94. The van der Waals surface area contributed by atoms with Gasteiger partial charge < -0.3 is 16.4 Å². The van der Waals surface area contributed by atoms with Crippen LogP contribution in [0.15, 0.2) is 30.3 Å². The van der Waals surface area contributed by atoms with E-state index in [1.165, 1.54) is 0 Å². The number of amides is 2. The molecule has 1 aliphatic rings. The van der Waals surface area contributed by atoms with Crippen molar-refractivity contribution in [2.24, 2.45) is 5.73 Å². The fourth-order valence-electron chi connectivity index (χ4n) is 4.49. The smallest absolute Gasteiger partial charge is 0.251 e. The van der Waals surface area contributed by atoms with Gasteiger partial charge in [0, 0.05) is 23.7 Å². The van der Waals surface area contributed by atoms with Gasteiger partial charge in [-0.3, -0.25) is 9.59 Å². The largest absolute Gasteiger partial charge is 0.369 e. The maximum atomic E-state index is 13.0. The Bertz CT molecular complexity index is 956. The van der Waals surface area contributed by atoms with Gasteiger partial charge in [-0.2, -0.15) is 0 Å². The lowest BCUT2D eigenvalue weighted by molar-refractivity contribution is -0.122. The molecule has 6 heteroatoms. The summed E-state index contributed by atoms with van der Waals surface area (Å²) in [7, 11) is 0. The van der Waals surface area contributed by atoms with E-state index in [0.717, 1.165) is 52.1 Å². The molecule has 1 heterocycles. The van der Waals surface area contributed by atoms with Gasteiger partial charge in [0.25, 0.3) is 5.91 Å². The van der Waals surface area contributed by atoms with E-state index in [0.29, 0.717) is 25.2 Å². The number of aryl methyl sites for hydroxylation is 1. The fraction of sp³-hybridized carbons (Fsp3) is 0.417. The normalized spacial score (nSPS) is 18.4. The molecule has 0 fully saturated rings. The van der Waals surface area contributed by atoms with Gasteiger partial charge in [-0.05, 0) is 72.7 Å². The molecule has 0 radical (unpaired) electrons. The standard InChI is InChI=1S/C24H30ClN3O2/c1-4-15-13-20-19(21(25)18(15)5-2)11-12-27-14-24(20,23(26)30)17-9-7-16(8-10-17)22(29)28-6-3/h7-10,13,27H,4-6,11-12,14H2,1-3H3,(H2,26,30)(H,28,29)/t24-/m1/s1. The Morgan fingerprint density at radius 2 is 1.87 bits per heavy atom. The zero-order valence-corrected chi connectivity index (χ0v) is 18.7. The van der Waals surface area contributed by atoms with Gasteiger partial charge in [-0.15, -0.1) is 0 Å². The van der Waals surface area contributed by atoms with E-state index >= 15 is 0 Å². The molecule has 2 aromatic rings. The molecule has 160 valence electrons. The van der Waals surface area contributed by atoms with Crippen molar-refractivity contribution in [1.82, 2.24) is 10.6 Å². The van der Waals surface area contributed by atoms with Gasteiger partial charge in [0.1, 0.15) is 5.41 Å². The van der Waals surface area contributed by atoms with Crippen LogP contribution in [-0.4, -0.2) is 31.4 Å². The lowest BCUT2D eigenvalue weighted by atomic mass is 9.71. The predicted molar refractivity (Wildman–Crippen MR) is 121 cm³/mol. The maximum Gasteiger partial charge on any atom is 0.251 e. The van der Waals surface area contributed by atoms with E-state index in [2.05, 4.69) is 30.5 Å². The lowest BCUT2D eigenvalue weighted by Crippen LogP contribution is -2.49. The minimum Gasteiger partial charge on any atom is -0.369 e. The summed E-state index contributed by atoms with van der Waals surface area (Å²) in [6.07, 6.45) is 2.40. The average Bonchev–Trinajstić information content (AvgIpc) is 2.94. The summed E-state index contributed by atoms with van der Waals surface area (Å²) in [6.45, 7) is 7.74. The summed E-state index contributed by atoms with van der Waals surface area (Å²) in [5, 5.41) is 6.93. The number of fused-ring (bicyclic) bond motifs is 1. The van der Waals surface area contributed by atoms with E-state index in [4.69, 9.17) is 17.3 Å². The van der Waals surface area contributed by atoms with Crippen LogP contribution in [0.1, 0.15) is 58.9 Å². The monoisotopic (exact) mass is 427 g/mol. The Morgan fingerprint density at radius 1 is 1.17 bits per heavy atom. The van der Waals surface area contributed by atoms with Crippen LogP contribution in [0.25, 0.3) is 0 Å². The zero-order chi connectivity index (χ0) is 21.9. The van der Waals surface area contributed by atoms with Crippen LogP contribution in [0.2, 0.25) is 5.02 Å². The number of nitrogens with one attached hydrogen (secondary N) is 2. The van der Waals surface area contributed by atoms with Crippen LogP contribution >= 0.6 is 11.6 Å². The highest BCUT2D eigenvalue weighted by Gasteiger charge is 2.44. The molecule has 0 aliphatic carbocycles. The molecule has 0 bridgehead atoms. The first-order valence-corrected chi connectivity index (χ1v) is 11.0. The average molecular weight is 428 g/mol. The molecule has 5 nitrogen and oxygen atoms in total. The van der Waals surface area contributed by atoms with Crippen LogP contribution < -0.4 is 16.4 Å². The van der Waals surface area contributed by atoms with E-state index in [9.17, 15) is 9.59 Å². The van der Waals surface area contributed by atoms with Gasteiger partial charge in [-0.1, -0.05) is 43.6 Å². The second kappa shape index (κ2) is 9.19. The van der Waals surface area contributed by atoms with Crippen LogP contribution in [-0.2, 0) is 29.5 Å². The number of carbonyl (C=O) groups is 2. The number of carbonyl (C=O) groups excluding carboxylic acids is 2. The van der Waals surface area contributed by atoms with Crippen molar-refractivity contribution in [3.63, 3.8) is 0 Å². The van der Waals surface area contributed by atoms with Gasteiger partial charge in [0.2, 0.25) is 5.91 Å². The van der Waals surface area contributed by atoms with Crippen molar-refractivity contribution >= 4 is 23.4 Å². The van der Waals surface area contributed by atoms with Crippen LogP contribution in [0.5, 0.6) is 0 Å². The Labute approximate surface area is 183 Å². The number of nitrogens with two attached hydrogens (primary N) is 1. The highest BCUT2D eigenvalue weighted by Crippen LogP contribution is 2.41. The van der Waals surface area contributed by atoms with Crippen molar-refractivity contribution in [3.05, 3.63) is 68.7 Å². The molecule has 0 spiro atoms. The predicted octanol–water partition coefficient (Wildman–Crippen LogP) is 3.13. The summed E-state index contributed by atoms with van der Waals surface area (Å²) in [6, 6.07) is 9.28. The Kier molecular flexibility index (Phi) is 6.84. The van der Waals surface area contributed by atoms with Crippen LogP contribution in [0.4, 0.5) is 0 Å². The van der Waals surface area contributed by atoms with E-state index in [-0.39, 0.29) is 5.91 Å². The SMILES string of the molecule is CCNC(=O)c1ccc([C@]2(C(N)=O)CNCCc3c2cc(CC)c(CC)c3Cl)cc1. The first-order chi connectivity index (χ1) is 14.4. The molecular formula is C24H30ClN3O2. The summed E-state index contributed by atoms with van der Waals surface area (Å²) < 4.78 is 0. The highest BCUT2D eigenvalue weighted by molar-refractivity contribution is 6.32. The number of primary amides is 1. The number of hydrogen-bond acceptors (Lipinski definition) is 3. The summed E-state index contributed by atoms with van der Waals surface area (Å²) >= 11 is 6.87. The molecule has 4 N–H and O–H groups in total. The molecule has 0 saturated heterocycles. The number of hydrogen-bond donors (Lipinski definition) is 3. The van der Waals surface area contributed by atoms with E-state index in [1.807, 2.05) is 19.1 Å². The summed E-state index contributed by atoms with van der Waals surface area (Å²) in [4.78, 5) is 25.2. The van der Waals surface area contributed by atoms with Crippen LogP contribution in [0.3, 0.4) is 0 Å². The summed E-state index contributed by atoms with van der Waals surface area (Å²) in [5.74, 6) is -0.563. The molecule has 0 saturated carbocycles. The quantitative estimate of drug-likeness (QED) is 0.662. The molecule has 2 amide bonds.